The molecule has 0 N–H and O–H groups in total. The van der Waals surface area contributed by atoms with Gasteiger partial charge in [-0.25, -0.2) is 0 Å². The van der Waals surface area contributed by atoms with Crippen LogP contribution in [0.5, 0.6) is 0 Å². The monoisotopic (exact) mass is 414 g/mol. The summed E-state index contributed by atoms with van der Waals surface area (Å²) in [7, 11) is 0. The largest absolute Gasteiger partial charge is 0.458 e. The number of rotatable bonds is 3. The van der Waals surface area contributed by atoms with Gasteiger partial charge in [0.2, 0.25) is 0 Å². The van der Waals surface area contributed by atoms with Crippen LogP contribution in [0.15, 0.2) is 11.1 Å². The summed E-state index contributed by atoms with van der Waals surface area (Å²) in [6, 6.07) is 0. The molecule has 4 aliphatic rings. The van der Waals surface area contributed by atoms with Crippen LogP contribution >= 0.6 is 0 Å². The van der Waals surface area contributed by atoms with Gasteiger partial charge in [0.05, 0.1) is 0 Å². The summed E-state index contributed by atoms with van der Waals surface area (Å²) in [5.74, 6) is 0.512. The molecule has 0 saturated heterocycles. The van der Waals surface area contributed by atoms with Gasteiger partial charge in [-0.15, -0.1) is 0 Å². The number of hydrogen-bond acceptors (Lipinski definition) is 4. The molecule has 166 valence electrons. The first-order valence-corrected chi connectivity index (χ1v) is 11.8. The highest BCUT2D eigenvalue weighted by atomic mass is 16.5. The fourth-order valence-corrected chi connectivity index (χ4v) is 8.27. The topological polar surface area (TPSA) is 60.4 Å². The maximum atomic E-state index is 13.0. The minimum absolute atomic E-state index is 0.0245. The van der Waals surface area contributed by atoms with E-state index in [4.69, 9.17) is 4.74 Å². The van der Waals surface area contributed by atoms with Gasteiger partial charge in [-0.2, -0.15) is 0 Å². The molecule has 0 radical (unpaired) electrons. The van der Waals surface area contributed by atoms with Gasteiger partial charge >= 0.3 is 5.97 Å². The van der Waals surface area contributed by atoms with E-state index in [0.29, 0.717) is 18.1 Å². The Kier molecular flexibility index (Phi) is 4.91. The van der Waals surface area contributed by atoms with Crippen LogP contribution in [0.4, 0.5) is 0 Å². The molecule has 0 aromatic heterocycles. The molecule has 0 aromatic rings. The lowest BCUT2D eigenvalue weighted by Gasteiger charge is -2.60. The van der Waals surface area contributed by atoms with E-state index in [2.05, 4.69) is 34.6 Å². The Morgan fingerprint density at radius 1 is 0.933 bits per heavy atom. The number of carbonyl (C=O) groups is 3. The number of fused-ring (bicyclic) bond motifs is 4. The zero-order valence-corrected chi connectivity index (χ0v) is 19.7. The second-order valence-corrected chi connectivity index (χ2v) is 11.7. The smallest absolute Gasteiger partial charge is 0.303 e. The number of ketones is 2. The van der Waals surface area contributed by atoms with Crippen molar-refractivity contribution < 1.29 is 19.1 Å². The van der Waals surface area contributed by atoms with Gasteiger partial charge in [-0.05, 0) is 67.1 Å². The Balaban J connectivity index is 1.70. The van der Waals surface area contributed by atoms with E-state index in [0.717, 1.165) is 44.9 Å². The van der Waals surface area contributed by atoms with Crippen LogP contribution < -0.4 is 0 Å². The molecule has 5 atom stereocenters. The fourth-order valence-electron chi connectivity index (χ4n) is 8.27. The average molecular weight is 415 g/mol. The summed E-state index contributed by atoms with van der Waals surface area (Å²) in [6.45, 7) is 12.7. The number of Topliss-reactive ketones (excluding diaryl/α,β-unsaturated/α-hetero) is 2. The SMILES string of the molecule is CC(=O)OCC(=O)[C@H]1CC[C@@]2(C)C3=C(CC[C@]12C)[C@@]1(C)CCC(=O)C(C)(C)C1CC3. The molecule has 1 unspecified atom stereocenters. The van der Waals surface area contributed by atoms with Crippen molar-refractivity contribution in [3.63, 3.8) is 0 Å². The molecule has 2 saturated carbocycles. The highest BCUT2D eigenvalue weighted by Gasteiger charge is 2.63. The lowest BCUT2D eigenvalue weighted by molar-refractivity contribution is -0.148. The van der Waals surface area contributed by atoms with Crippen LogP contribution in [0.1, 0.15) is 92.9 Å². The van der Waals surface area contributed by atoms with Crippen LogP contribution in [0.3, 0.4) is 0 Å². The zero-order valence-electron chi connectivity index (χ0n) is 19.7. The summed E-state index contributed by atoms with van der Waals surface area (Å²) in [4.78, 5) is 36.9. The van der Waals surface area contributed by atoms with Gasteiger partial charge in [0.15, 0.2) is 5.78 Å². The van der Waals surface area contributed by atoms with E-state index in [1.54, 1.807) is 11.1 Å². The lowest BCUT2D eigenvalue weighted by Crippen LogP contribution is -2.54. The van der Waals surface area contributed by atoms with Gasteiger partial charge in [0, 0.05) is 24.7 Å². The number of ether oxygens (including phenoxy) is 1. The van der Waals surface area contributed by atoms with E-state index >= 15 is 0 Å². The number of allylic oxidation sites excluding steroid dienone is 2. The molecule has 4 heteroatoms. The highest BCUT2D eigenvalue weighted by molar-refractivity contribution is 5.86. The molecule has 0 aliphatic heterocycles. The molecule has 2 fully saturated rings. The van der Waals surface area contributed by atoms with Crippen molar-refractivity contribution in [2.45, 2.75) is 92.9 Å². The number of carbonyl (C=O) groups excluding carboxylic acids is 3. The van der Waals surface area contributed by atoms with Crippen molar-refractivity contribution in [2.75, 3.05) is 6.61 Å². The zero-order chi connectivity index (χ0) is 22.1. The summed E-state index contributed by atoms with van der Waals surface area (Å²) in [5.41, 5.74) is 3.03. The molecule has 0 aromatic carbocycles. The molecular weight excluding hydrogens is 376 g/mol. The molecule has 0 amide bonds. The van der Waals surface area contributed by atoms with E-state index < -0.39 is 0 Å². The maximum absolute atomic E-state index is 13.0. The minimum Gasteiger partial charge on any atom is -0.458 e. The van der Waals surface area contributed by atoms with Gasteiger partial charge in [-0.3, -0.25) is 14.4 Å². The second-order valence-electron chi connectivity index (χ2n) is 11.7. The first-order chi connectivity index (χ1) is 13.9. The molecule has 30 heavy (non-hydrogen) atoms. The van der Waals surface area contributed by atoms with Crippen molar-refractivity contribution in [1.82, 2.24) is 0 Å². The van der Waals surface area contributed by atoms with E-state index in [1.807, 2.05) is 0 Å². The Morgan fingerprint density at radius 2 is 1.63 bits per heavy atom. The molecule has 4 nitrogen and oxygen atoms in total. The van der Waals surface area contributed by atoms with Crippen LogP contribution in [0, 0.1) is 33.5 Å². The van der Waals surface area contributed by atoms with Crippen LogP contribution in [0.25, 0.3) is 0 Å². The molecule has 0 spiro atoms. The van der Waals surface area contributed by atoms with Crippen molar-refractivity contribution in [1.29, 1.82) is 0 Å². The molecule has 0 heterocycles. The summed E-state index contributed by atoms with van der Waals surface area (Å²) < 4.78 is 5.07. The van der Waals surface area contributed by atoms with Gasteiger partial charge in [0.25, 0.3) is 0 Å². The third-order valence-corrected chi connectivity index (χ3v) is 10.3. The first-order valence-electron chi connectivity index (χ1n) is 11.8. The predicted molar refractivity (Wildman–Crippen MR) is 116 cm³/mol. The van der Waals surface area contributed by atoms with E-state index in [-0.39, 0.29) is 45.9 Å². The van der Waals surface area contributed by atoms with Crippen molar-refractivity contribution >= 4 is 17.5 Å². The van der Waals surface area contributed by atoms with Crippen molar-refractivity contribution in [3.05, 3.63) is 11.1 Å². The van der Waals surface area contributed by atoms with Crippen LogP contribution in [-0.4, -0.2) is 24.1 Å². The standard InChI is InChI=1S/C26H38O4/c1-16(27)30-15-20(28)19-10-14-25(5)18-7-8-21-23(2,3)22(29)11-12-24(21,4)17(18)9-13-26(19,25)6/h19,21H,7-15H2,1-6H3/t19-,21?,24-,25+,26-/m1/s1. The average Bonchev–Trinajstić information content (AvgIpc) is 2.95. The Bertz CT molecular complexity index is 836. The normalized spacial score (nSPS) is 42.3. The van der Waals surface area contributed by atoms with Crippen molar-refractivity contribution in [2.24, 2.45) is 33.5 Å². The molecule has 4 aliphatic carbocycles. The molecule has 4 rings (SSSR count). The second kappa shape index (κ2) is 6.77. The Morgan fingerprint density at radius 3 is 2.30 bits per heavy atom. The first kappa shape index (κ1) is 21.8. The Hall–Kier alpha value is -1.45. The summed E-state index contributed by atoms with van der Waals surface area (Å²) in [6.07, 6.45) is 7.76. The highest BCUT2D eigenvalue weighted by Crippen LogP contribution is 2.71. The number of esters is 1. The van der Waals surface area contributed by atoms with Gasteiger partial charge < -0.3 is 4.74 Å². The third-order valence-electron chi connectivity index (χ3n) is 10.3. The minimum atomic E-state index is -0.386. The molecular formula is C26H38O4. The quantitative estimate of drug-likeness (QED) is 0.456. The van der Waals surface area contributed by atoms with E-state index in [1.165, 1.54) is 6.92 Å². The van der Waals surface area contributed by atoms with Crippen molar-refractivity contribution in [3.8, 4) is 0 Å². The van der Waals surface area contributed by atoms with Crippen LogP contribution in [0.2, 0.25) is 0 Å². The lowest BCUT2D eigenvalue weighted by atomic mass is 9.43. The van der Waals surface area contributed by atoms with E-state index in [9.17, 15) is 14.4 Å². The molecule has 0 bridgehead atoms. The third kappa shape index (κ3) is 2.74. The van der Waals surface area contributed by atoms with Gasteiger partial charge in [-0.1, -0.05) is 45.8 Å². The Labute approximate surface area is 181 Å². The summed E-state index contributed by atoms with van der Waals surface area (Å²) in [5, 5.41) is 0. The van der Waals surface area contributed by atoms with Gasteiger partial charge in [0.1, 0.15) is 12.4 Å². The number of hydrogen-bond donors (Lipinski definition) is 0. The maximum Gasteiger partial charge on any atom is 0.303 e. The van der Waals surface area contributed by atoms with Crippen LogP contribution in [-0.2, 0) is 19.1 Å². The predicted octanol–water partition coefficient (Wildman–Crippen LogP) is 5.44. The summed E-state index contributed by atoms with van der Waals surface area (Å²) >= 11 is 0. The fraction of sp³-hybridized carbons (Fsp3) is 0.808.